The highest BCUT2D eigenvalue weighted by atomic mass is 32.3. The predicted octanol–water partition coefficient (Wildman–Crippen LogP) is 1.50. The predicted molar refractivity (Wildman–Crippen MR) is 52.2 cm³/mol. The van der Waals surface area contributed by atoms with Gasteiger partial charge in [0, 0.05) is 0 Å². The summed E-state index contributed by atoms with van der Waals surface area (Å²) in [4.78, 5) is 0. The third kappa shape index (κ3) is 77.9. The van der Waals surface area contributed by atoms with E-state index in [1.807, 2.05) is 0 Å². The highest BCUT2D eigenvalue weighted by Gasteiger charge is 1.84. The van der Waals surface area contributed by atoms with Crippen molar-refractivity contribution in [1.82, 2.24) is 0 Å². The fraction of sp³-hybridized carbons (Fsp3) is 1.00. The molecule has 0 heterocycles. The van der Waals surface area contributed by atoms with Crippen molar-refractivity contribution >= 4 is 10.4 Å². The van der Waals surface area contributed by atoms with Gasteiger partial charge in [0.2, 0.25) is 0 Å². The Morgan fingerprint density at radius 2 is 1.15 bits per heavy atom. The fourth-order valence-electron chi connectivity index (χ4n) is 0.677. The zero-order chi connectivity index (χ0) is 10.0. The van der Waals surface area contributed by atoms with Crippen LogP contribution in [0.1, 0.15) is 46.0 Å². The molecule has 13 heavy (non-hydrogen) atoms. The van der Waals surface area contributed by atoms with Crippen molar-refractivity contribution in [3.63, 3.8) is 0 Å². The first kappa shape index (κ1) is 18.6. The molecule has 0 aliphatic rings. The number of unbranched alkanes of at least 4 members (excludes halogenated alkanes) is 4. The number of hydrogen-bond donors (Lipinski definition) is 2. The van der Waals surface area contributed by atoms with Crippen LogP contribution in [-0.2, 0) is 10.4 Å². The van der Waals surface area contributed by atoms with Crippen LogP contribution in [0.5, 0.6) is 0 Å². The van der Waals surface area contributed by atoms with Gasteiger partial charge in [-0.2, -0.15) is 8.42 Å². The van der Waals surface area contributed by atoms with E-state index in [2.05, 4.69) is 13.8 Å². The molecular formula is C7H20O5S. The highest BCUT2D eigenvalue weighted by molar-refractivity contribution is 7.79. The van der Waals surface area contributed by atoms with Gasteiger partial charge < -0.3 is 5.48 Å². The van der Waals surface area contributed by atoms with Crippen LogP contribution in [0.2, 0.25) is 0 Å². The second-order valence-electron chi connectivity index (χ2n) is 2.51. The van der Waals surface area contributed by atoms with E-state index in [1.54, 1.807) is 0 Å². The minimum Gasteiger partial charge on any atom is -0.412 e. The Kier molecular flexibility index (Phi) is 16.9. The van der Waals surface area contributed by atoms with Gasteiger partial charge in [0.1, 0.15) is 0 Å². The molecular weight excluding hydrogens is 196 g/mol. The zero-order valence-corrected chi connectivity index (χ0v) is 8.97. The van der Waals surface area contributed by atoms with Gasteiger partial charge in [0.05, 0.1) is 0 Å². The summed E-state index contributed by atoms with van der Waals surface area (Å²) in [5.74, 6) is 0. The Balaban J connectivity index is -0.000000150. The highest BCUT2D eigenvalue weighted by Crippen LogP contribution is 2.00. The minimum absolute atomic E-state index is 0. The maximum Gasteiger partial charge on any atom is 0.394 e. The Labute approximate surface area is 80.0 Å². The second-order valence-corrected chi connectivity index (χ2v) is 3.40. The molecule has 0 fully saturated rings. The van der Waals surface area contributed by atoms with Gasteiger partial charge in [-0.1, -0.05) is 46.0 Å². The molecule has 0 spiro atoms. The maximum atomic E-state index is 8.74. The van der Waals surface area contributed by atoms with E-state index >= 15 is 0 Å². The van der Waals surface area contributed by atoms with Crippen LogP contribution in [-0.4, -0.2) is 23.0 Å². The molecule has 84 valence electrons. The van der Waals surface area contributed by atoms with Crippen molar-refractivity contribution in [1.29, 1.82) is 0 Å². The van der Waals surface area contributed by atoms with E-state index in [0.29, 0.717) is 0 Å². The third-order valence-corrected chi connectivity index (χ3v) is 1.21. The quantitative estimate of drug-likeness (QED) is 0.548. The molecule has 0 unspecified atom stereocenters. The molecule has 0 aromatic carbocycles. The molecule has 0 rings (SSSR count). The van der Waals surface area contributed by atoms with Gasteiger partial charge in [-0.25, -0.2) is 0 Å². The van der Waals surface area contributed by atoms with Gasteiger partial charge in [-0.05, 0) is 0 Å². The lowest BCUT2D eigenvalue weighted by molar-refractivity contribution is 0.381. The monoisotopic (exact) mass is 216 g/mol. The van der Waals surface area contributed by atoms with E-state index in [4.69, 9.17) is 17.5 Å². The van der Waals surface area contributed by atoms with Crippen LogP contribution in [0.4, 0.5) is 0 Å². The minimum atomic E-state index is -4.67. The molecule has 6 heteroatoms. The first-order valence-electron chi connectivity index (χ1n) is 4.11. The van der Waals surface area contributed by atoms with E-state index in [-0.39, 0.29) is 5.48 Å². The normalized spacial score (nSPS) is 9.54. The molecule has 0 aliphatic heterocycles. The van der Waals surface area contributed by atoms with Crippen LogP contribution in [0.15, 0.2) is 0 Å². The molecule has 4 N–H and O–H groups in total. The molecule has 0 aliphatic carbocycles. The largest absolute Gasteiger partial charge is 0.412 e. The Morgan fingerprint density at radius 1 is 0.923 bits per heavy atom. The Bertz CT molecular complexity index is 152. The van der Waals surface area contributed by atoms with E-state index in [0.717, 1.165) is 0 Å². The smallest absolute Gasteiger partial charge is 0.394 e. The average molecular weight is 216 g/mol. The topological polar surface area (TPSA) is 106 Å². The fourth-order valence-corrected chi connectivity index (χ4v) is 0.677. The van der Waals surface area contributed by atoms with Gasteiger partial charge in [0.25, 0.3) is 0 Å². The molecule has 0 aromatic heterocycles. The van der Waals surface area contributed by atoms with E-state index < -0.39 is 10.4 Å². The zero-order valence-electron chi connectivity index (χ0n) is 8.15. The molecule has 5 nitrogen and oxygen atoms in total. The molecule has 0 atom stereocenters. The van der Waals surface area contributed by atoms with Crippen LogP contribution in [0.3, 0.4) is 0 Å². The van der Waals surface area contributed by atoms with Gasteiger partial charge >= 0.3 is 10.4 Å². The lowest BCUT2D eigenvalue weighted by atomic mass is 10.2. The summed E-state index contributed by atoms with van der Waals surface area (Å²) in [6, 6.07) is 0. The summed E-state index contributed by atoms with van der Waals surface area (Å²) in [5.41, 5.74) is 0. The first-order chi connectivity index (χ1) is 5.41. The summed E-state index contributed by atoms with van der Waals surface area (Å²) in [7, 11) is -4.67. The van der Waals surface area contributed by atoms with Crippen molar-refractivity contribution in [3.05, 3.63) is 0 Å². The second kappa shape index (κ2) is 11.8. The number of rotatable bonds is 4. The van der Waals surface area contributed by atoms with E-state index in [1.165, 1.54) is 32.1 Å². The lowest BCUT2D eigenvalue weighted by Crippen LogP contribution is -1.89. The molecule has 0 saturated heterocycles. The SMILES string of the molecule is CCCCCCC.O.O=S(=O)(O)O. The van der Waals surface area contributed by atoms with Gasteiger partial charge in [-0.3, -0.25) is 9.11 Å². The van der Waals surface area contributed by atoms with Crippen molar-refractivity contribution in [2.45, 2.75) is 46.0 Å². The number of hydrogen-bond acceptors (Lipinski definition) is 2. The molecule has 0 saturated carbocycles. The van der Waals surface area contributed by atoms with Gasteiger partial charge in [-0.15, -0.1) is 0 Å². The Morgan fingerprint density at radius 3 is 1.31 bits per heavy atom. The average Bonchev–Trinajstić information content (AvgIpc) is 1.85. The van der Waals surface area contributed by atoms with Crippen LogP contribution in [0, 0.1) is 0 Å². The summed E-state index contributed by atoms with van der Waals surface area (Å²) in [6.07, 6.45) is 7.01. The summed E-state index contributed by atoms with van der Waals surface area (Å²) < 4.78 is 31.6. The van der Waals surface area contributed by atoms with Crippen molar-refractivity contribution in [2.24, 2.45) is 0 Å². The first-order valence-corrected chi connectivity index (χ1v) is 5.51. The summed E-state index contributed by atoms with van der Waals surface area (Å²) in [6.45, 7) is 4.49. The maximum absolute atomic E-state index is 8.74. The molecule has 0 radical (unpaired) electrons. The molecule has 0 bridgehead atoms. The lowest BCUT2D eigenvalue weighted by Gasteiger charge is -1.90. The van der Waals surface area contributed by atoms with E-state index in [9.17, 15) is 0 Å². The summed E-state index contributed by atoms with van der Waals surface area (Å²) >= 11 is 0. The van der Waals surface area contributed by atoms with Gasteiger partial charge in [0.15, 0.2) is 0 Å². The molecule has 0 aromatic rings. The Hall–Kier alpha value is -0.170. The van der Waals surface area contributed by atoms with Crippen molar-refractivity contribution < 1.29 is 23.0 Å². The van der Waals surface area contributed by atoms with Crippen molar-refractivity contribution in [3.8, 4) is 0 Å². The van der Waals surface area contributed by atoms with Crippen LogP contribution < -0.4 is 0 Å². The van der Waals surface area contributed by atoms with Crippen LogP contribution in [0.25, 0.3) is 0 Å². The molecule has 0 amide bonds. The third-order valence-electron chi connectivity index (χ3n) is 1.21. The van der Waals surface area contributed by atoms with Crippen molar-refractivity contribution in [2.75, 3.05) is 0 Å². The summed E-state index contributed by atoms with van der Waals surface area (Å²) in [5, 5.41) is 0. The standard InChI is InChI=1S/C7H16.H2O4S.H2O/c1-3-5-7-6-4-2;1-5(2,3)4;/h3-7H2,1-2H3;(H2,1,2,3,4);1H2. The van der Waals surface area contributed by atoms with Crippen LogP contribution >= 0.6 is 0 Å².